The third-order valence-electron chi connectivity index (χ3n) is 8.11. The number of carbonyl (C=O) groups is 1. The second-order valence-electron chi connectivity index (χ2n) is 10.9. The molecule has 1 heterocycles. The maximum Gasteiger partial charge on any atom is 0.267 e. The fraction of sp³-hybridized carbons (Fsp3) is 0.394. The van der Waals surface area contributed by atoms with E-state index in [1.165, 1.54) is 49.3 Å². The molecule has 3 aromatic carbocycles. The van der Waals surface area contributed by atoms with Gasteiger partial charge < -0.3 is 4.74 Å². The Bertz CT molecular complexity index is 1410. The van der Waals surface area contributed by atoms with E-state index in [0.29, 0.717) is 12.6 Å². The molecule has 0 N–H and O–H groups in total. The molecule has 0 bridgehead atoms. The van der Waals surface area contributed by atoms with Crippen molar-refractivity contribution in [3.8, 4) is 5.75 Å². The molecule has 1 amide bonds. The zero-order valence-electron chi connectivity index (χ0n) is 22.3. The molecule has 3 aliphatic rings. The second kappa shape index (κ2) is 12.3. The molecule has 0 radical (unpaired) electrons. The fourth-order valence-corrected chi connectivity index (χ4v) is 7.48. The molecular weight excluding hydrogens is 568 g/mol. The highest BCUT2D eigenvalue weighted by molar-refractivity contribution is 9.10. The fourth-order valence-electron chi connectivity index (χ4n) is 6.00. The van der Waals surface area contributed by atoms with E-state index < -0.39 is 0 Å². The third kappa shape index (κ3) is 6.28. The Balaban J connectivity index is 1.27. The zero-order chi connectivity index (χ0) is 26.6. The van der Waals surface area contributed by atoms with Crippen LogP contribution >= 0.6 is 27.7 Å². The number of rotatable bonds is 6. The molecule has 2 aliphatic carbocycles. The minimum Gasteiger partial charge on any atom is -0.488 e. The number of aliphatic imine (C=N–C) groups is 1. The van der Waals surface area contributed by atoms with Crippen molar-refractivity contribution in [1.29, 1.82) is 0 Å². The van der Waals surface area contributed by atoms with E-state index in [0.717, 1.165) is 57.1 Å². The summed E-state index contributed by atoms with van der Waals surface area (Å²) < 4.78 is 7.30. The molecule has 6 rings (SSSR count). The van der Waals surface area contributed by atoms with Gasteiger partial charge in [0, 0.05) is 16.1 Å². The standard InChI is InChI=1S/C33H35BrN2O2S/c34-27-17-18-30(38-22-23-15-16-24-9-7-8-10-25(24)19-23)26(20-27)21-31-32(37)36(29-13-5-2-6-14-29)33(39-31)35-28-11-3-1-4-12-28/h7-10,15-21,28-29H,1-6,11-14,22H2. The molecule has 3 aromatic rings. The molecule has 3 fully saturated rings. The van der Waals surface area contributed by atoms with Crippen LogP contribution in [0.15, 0.2) is 75.0 Å². The largest absolute Gasteiger partial charge is 0.488 e. The number of carbonyl (C=O) groups excluding carboxylic acids is 1. The van der Waals surface area contributed by atoms with E-state index in [9.17, 15) is 4.79 Å². The zero-order valence-corrected chi connectivity index (χ0v) is 24.7. The quantitative estimate of drug-likeness (QED) is 0.264. The SMILES string of the molecule is O=C1C(=Cc2cc(Br)ccc2OCc2ccc3ccccc3c2)SC(=NC2CCCCC2)N1C1CCCCC1. The summed E-state index contributed by atoms with van der Waals surface area (Å²) in [6.07, 6.45) is 13.8. The first-order valence-corrected chi connectivity index (χ1v) is 16.0. The van der Waals surface area contributed by atoms with Crippen molar-refractivity contribution < 1.29 is 9.53 Å². The number of halogens is 1. The van der Waals surface area contributed by atoms with E-state index in [1.54, 1.807) is 11.8 Å². The van der Waals surface area contributed by atoms with Gasteiger partial charge in [0.2, 0.25) is 0 Å². The molecular formula is C33H35BrN2O2S. The van der Waals surface area contributed by atoms with Crippen molar-refractivity contribution in [3.63, 3.8) is 0 Å². The van der Waals surface area contributed by atoms with Gasteiger partial charge in [-0.1, -0.05) is 90.9 Å². The van der Waals surface area contributed by atoms with Crippen LogP contribution in [0.2, 0.25) is 0 Å². The predicted molar refractivity (Wildman–Crippen MR) is 166 cm³/mol. The van der Waals surface area contributed by atoms with E-state index in [2.05, 4.69) is 58.4 Å². The summed E-state index contributed by atoms with van der Waals surface area (Å²) in [4.78, 5) is 21.8. The number of hydrogen-bond donors (Lipinski definition) is 0. The molecule has 0 spiro atoms. The van der Waals surface area contributed by atoms with Crippen molar-refractivity contribution in [2.24, 2.45) is 4.99 Å². The number of thioether (sulfide) groups is 1. The number of hydrogen-bond acceptors (Lipinski definition) is 4. The number of benzene rings is 3. The highest BCUT2D eigenvalue weighted by Crippen LogP contribution is 2.40. The molecule has 1 saturated heterocycles. The molecule has 0 atom stereocenters. The highest BCUT2D eigenvalue weighted by atomic mass is 79.9. The van der Waals surface area contributed by atoms with Crippen molar-refractivity contribution >= 4 is 55.6 Å². The topological polar surface area (TPSA) is 41.9 Å². The Kier molecular flexibility index (Phi) is 8.40. The first-order valence-electron chi connectivity index (χ1n) is 14.3. The molecule has 202 valence electrons. The van der Waals surface area contributed by atoms with Crippen LogP contribution in [0.5, 0.6) is 5.75 Å². The van der Waals surface area contributed by atoms with Crippen LogP contribution in [0, 0.1) is 0 Å². The summed E-state index contributed by atoms with van der Waals surface area (Å²) in [7, 11) is 0. The van der Waals surface area contributed by atoms with Gasteiger partial charge in [-0.25, -0.2) is 0 Å². The summed E-state index contributed by atoms with van der Waals surface area (Å²) in [6.45, 7) is 0.465. The van der Waals surface area contributed by atoms with E-state index in [-0.39, 0.29) is 11.9 Å². The summed E-state index contributed by atoms with van der Waals surface area (Å²) >= 11 is 5.18. The molecule has 0 unspecified atom stereocenters. The van der Waals surface area contributed by atoms with Gasteiger partial charge in [0.15, 0.2) is 5.17 Å². The molecule has 6 heteroatoms. The van der Waals surface area contributed by atoms with E-state index in [1.807, 2.05) is 29.2 Å². The first-order chi connectivity index (χ1) is 19.1. The monoisotopic (exact) mass is 602 g/mol. The number of amidine groups is 1. The lowest BCUT2D eigenvalue weighted by Gasteiger charge is -2.31. The Morgan fingerprint density at radius 3 is 2.44 bits per heavy atom. The summed E-state index contributed by atoms with van der Waals surface area (Å²) in [5.74, 6) is 0.871. The Labute approximate surface area is 244 Å². The molecule has 0 aromatic heterocycles. The van der Waals surface area contributed by atoms with Gasteiger partial charge in [0.1, 0.15) is 12.4 Å². The lowest BCUT2D eigenvalue weighted by Crippen LogP contribution is -2.41. The predicted octanol–water partition coefficient (Wildman–Crippen LogP) is 9.12. The smallest absolute Gasteiger partial charge is 0.267 e. The summed E-state index contributed by atoms with van der Waals surface area (Å²) in [5, 5.41) is 3.34. The number of fused-ring (bicyclic) bond motifs is 1. The van der Waals surface area contributed by atoms with E-state index >= 15 is 0 Å². The van der Waals surface area contributed by atoms with Gasteiger partial charge in [-0.15, -0.1) is 0 Å². The Hall–Kier alpha value is -2.57. The van der Waals surface area contributed by atoms with Crippen molar-refractivity contribution in [2.45, 2.75) is 82.9 Å². The number of ether oxygens (including phenoxy) is 1. The Morgan fingerprint density at radius 1 is 0.897 bits per heavy atom. The summed E-state index contributed by atoms with van der Waals surface area (Å²) in [6, 6.07) is 21.4. The van der Waals surface area contributed by atoms with Gasteiger partial charge in [0.25, 0.3) is 5.91 Å². The van der Waals surface area contributed by atoms with Crippen molar-refractivity contribution in [2.75, 3.05) is 0 Å². The van der Waals surface area contributed by atoms with Crippen LogP contribution in [0.25, 0.3) is 16.8 Å². The average Bonchev–Trinajstić information content (AvgIpc) is 3.27. The van der Waals surface area contributed by atoms with Gasteiger partial charge in [0.05, 0.1) is 10.9 Å². The number of nitrogens with zero attached hydrogens (tertiary/aromatic N) is 2. The Morgan fingerprint density at radius 2 is 1.64 bits per heavy atom. The van der Waals surface area contributed by atoms with Crippen LogP contribution in [0.4, 0.5) is 0 Å². The van der Waals surface area contributed by atoms with Crippen molar-refractivity contribution in [3.05, 3.63) is 81.2 Å². The normalized spacial score (nSPS) is 21.4. The van der Waals surface area contributed by atoms with Crippen molar-refractivity contribution in [1.82, 2.24) is 4.90 Å². The van der Waals surface area contributed by atoms with Crippen LogP contribution in [-0.2, 0) is 11.4 Å². The van der Waals surface area contributed by atoms with Crippen LogP contribution in [-0.4, -0.2) is 28.1 Å². The highest BCUT2D eigenvalue weighted by Gasteiger charge is 2.39. The third-order valence-corrected chi connectivity index (χ3v) is 9.60. The minimum absolute atomic E-state index is 0.0990. The van der Waals surface area contributed by atoms with Crippen LogP contribution in [0.3, 0.4) is 0 Å². The average molecular weight is 604 g/mol. The maximum atomic E-state index is 13.9. The second-order valence-corrected chi connectivity index (χ2v) is 12.9. The van der Waals surface area contributed by atoms with E-state index in [4.69, 9.17) is 9.73 Å². The van der Waals surface area contributed by atoms with Crippen LogP contribution < -0.4 is 4.74 Å². The lowest BCUT2D eigenvalue weighted by atomic mass is 9.94. The van der Waals surface area contributed by atoms with Gasteiger partial charge in [-0.05, 0) is 84.1 Å². The minimum atomic E-state index is 0.0990. The first kappa shape index (κ1) is 26.6. The van der Waals surface area contributed by atoms with Gasteiger partial charge >= 0.3 is 0 Å². The molecule has 39 heavy (non-hydrogen) atoms. The molecule has 1 aliphatic heterocycles. The van der Waals surface area contributed by atoms with Gasteiger partial charge in [-0.3, -0.25) is 14.7 Å². The molecule has 4 nitrogen and oxygen atoms in total. The lowest BCUT2D eigenvalue weighted by molar-refractivity contribution is -0.124. The summed E-state index contributed by atoms with van der Waals surface area (Å²) in [5.41, 5.74) is 2.02. The molecule has 2 saturated carbocycles. The maximum absolute atomic E-state index is 13.9. The number of amides is 1. The van der Waals surface area contributed by atoms with Crippen LogP contribution in [0.1, 0.15) is 75.3 Å². The van der Waals surface area contributed by atoms with Gasteiger partial charge in [-0.2, -0.15) is 0 Å².